The lowest BCUT2D eigenvalue weighted by molar-refractivity contribution is -0.384. The fourth-order valence-corrected chi connectivity index (χ4v) is 2.14. The highest BCUT2D eigenvalue weighted by Crippen LogP contribution is 2.25. The largest absolute Gasteiger partial charge is 0.484 e. The van der Waals surface area contributed by atoms with E-state index in [4.69, 9.17) is 16.3 Å². The molecule has 0 spiro atoms. The minimum atomic E-state index is -0.486. The summed E-state index contributed by atoms with van der Waals surface area (Å²) in [7, 11) is 0. The number of halogens is 1. The smallest absolute Gasteiger partial charge is 0.277 e. The Labute approximate surface area is 149 Å². The maximum atomic E-state index is 11.7. The van der Waals surface area contributed by atoms with E-state index in [-0.39, 0.29) is 12.3 Å². The SMILES string of the molecule is Cc1cc(OCC(=O)NN=Cc2ccc([N+](=O)[O-])cc2)cc(C)c1Cl. The van der Waals surface area contributed by atoms with Gasteiger partial charge in [-0.2, -0.15) is 5.10 Å². The summed E-state index contributed by atoms with van der Waals surface area (Å²) in [5.74, 6) is 0.123. The van der Waals surface area contributed by atoms with Gasteiger partial charge in [0.1, 0.15) is 5.75 Å². The van der Waals surface area contributed by atoms with Crippen LogP contribution in [0.15, 0.2) is 41.5 Å². The molecule has 130 valence electrons. The van der Waals surface area contributed by atoms with E-state index in [2.05, 4.69) is 10.5 Å². The Morgan fingerprint density at radius 2 is 1.88 bits per heavy atom. The minimum absolute atomic E-state index is 0.0110. The monoisotopic (exact) mass is 361 g/mol. The van der Waals surface area contributed by atoms with Crippen molar-refractivity contribution in [3.05, 3.63) is 68.2 Å². The summed E-state index contributed by atoms with van der Waals surface area (Å²) in [5, 5.41) is 15.0. The van der Waals surface area contributed by atoms with E-state index in [0.29, 0.717) is 16.3 Å². The van der Waals surface area contributed by atoms with E-state index >= 15 is 0 Å². The van der Waals surface area contributed by atoms with Crippen molar-refractivity contribution in [3.63, 3.8) is 0 Å². The van der Waals surface area contributed by atoms with E-state index in [1.807, 2.05) is 13.8 Å². The summed E-state index contributed by atoms with van der Waals surface area (Å²) in [4.78, 5) is 21.8. The summed E-state index contributed by atoms with van der Waals surface area (Å²) >= 11 is 6.07. The Balaban J connectivity index is 1.85. The van der Waals surface area contributed by atoms with Crippen LogP contribution in [0.4, 0.5) is 5.69 Å². The standard InChI is InChI=1S/C17H16ClN3O4/c1-11-7-15(8-12(2)17(11)18)25-10-16(22)20-19-9-13-3-5-14(6-4-13)21(23)24/h3-9H,10H2,1-2H3,(H,20,22). The molecule has 2 aromatic carbocycles. The van der Waals surface area contributed by atoms with Gasteiger partial charge in [0.2, 0.25) is 0 Å². The number of hydrogen-bond donors (Lipinski definition) is 1. The molecule has 0 aliphatic rings. The molecule has 1 amide bonds. The number of nitrogens with one attached hydrogen (secondary N) is 1. The van der Waals surface area contributed by atoms with E-state index in [1.54, 1.807) is 12.1 Å². The van der Waals surface area contributed by atoms with Gasteiger partial charge in [0.15, 0.2) is 6.61 Å². The van der Waals surface area contributed by atoms with Crippen molar-refractivity contribution >= 4 is 29.4 Å². The van der Waals surface area contributed by atoms with Gasteiger partial charge in [0.05, 0.1) is 11.1 Å². The molecule has 7 nitrogen and oxygen atoms in total. The summed E-state index contributed by atoms with van der Waals surface area (Å²) < 4.78 is 5.41. The van der Waals surface area contributed by atoms with Crippen LogP contribution in [0.5, 0.6) is 5.75 Å². The molecule has 0 aliphatic carbocycles. The number of amides is 1. The number of benzene rings is 2. The van der Waals surface area contributed by atoms with Gasteiger partial charge in [-0.05, 0) is 54.8 Å². The van der Waals surface area contributed by atoms with Crippen molar-refractivity contribution < 1.29 is 14.5 Å². The molecular weight excluding hydrogens is 346 g/mol. The fourth-order valence-electron chi connectivity index (χ4n) is 2.03. The van der Waals surface area contributed by atoms with Crippen molar-refractivity contribution in [2.45, 2.75) is 13.8 Å². The average molecular weight is 362 g/mol. The number of carbonyl (C=O) groups excluding carboxylic acids is 1. The Morgan fingerprint density at radius 3 is 2.44 bits per heavy atom. The molecule has 0 saturated heterocycles. The molecule has 0 aromatic heterocycles. The van der Waals surface area contributed by atoms with Gasteiger partial charge in [-0.3, -0.25) is 14.9 Å². The van der Waals surface area contributed by atoms with Crippen LogP contribution in [-0.4, -0.2) is 23.7 Å². The lowest BCUT2D eigenvalue weighted by Gasteiger charge is -2.09. The van der Waals surface area contributed by atoms with Gasteiger partial charge in [0, 0.05) is 17.2 Å². The number of hydrogen-bond acceptors (Lipinski definition) is 5. The zero-order valence-corrected chi connectivity index (χ0v) is 14.4. The summed E-state index contributed by atoms with van der Waals surface area (Å²) in [6, 6.07) is 9.29. The molecule has 25 heavy (non-hydrogen) atoms. The number of rotatable bonds is 6. The third kappa shape index (κ3) is 5.29. The highest BCUT2D eigenvalue weighted by molar-refractivity contribution is 6.32. The normalized spacial score (nSPS) is 10.7. The van der Waals surface area contributed by atoms with Gasteiger partial charge in [-0.15, -0.1) is 0 Å². The van der Waals surface area contributed by atoms with Crippen LogP contribution in [0.2, 0.25) is 5.02 Å². The Bertz CT molecular complexity index is 796. The number of nitro groups is 1. The molecule has 0 bridgehead atoms. The zero-order chi connectivity index (χ0) is 18.4. The number of ether oxygens (including phenoxy) is 1. The second kappa shape index (κ2) is 8.25. The fraction of sp³-hybridized carbons (Fsp3) is 0.176. The van der Waals surface area contributed by atoms with Crippen LogP contribution in [0.3, 0.4) is 0 Å². The Hall–Kier alpha value is -2.93. The van der Waals surface area contributed by atoms with Gasteiger partial charge in [0.25, 0.3) is 11.6 Å². The van der Waals surface area contributed by atoms with Crippen molar-refractivity contribution in [2.24, 2.45) is 5.10 Å². The first-order valence-corrected chi connectivity index (χ1v) is 7.70. The van der Waals surface area contributed by atoms with E-state index in [9.17, 15) is 14.9 Å². The third-order valence-corrected chi connectivity index (χ3v) is 3.88. The molecule has 2 rings (SSSR count). The Morgan fingerprint density at radius 1 is 1.28 bits per heavy atom. The molecule has 0 atom stereocenters. The van der Waals surface area contributed by atoms with Crippen LogP contribution in [0, 0.1) is 24.0 Å². The lowest BCUT2D eigenvalue weighted by atomic mass is 10.1. The maximum absolute atomic E-state index is 11.7. The van der Waals surface area contributed by atoms with Crippen LogP contribution < -0.4 is 10.2 Å². The molecular formula is C17H16ClN3O4. The number of hydrazone groups is 1. The second-order valence-corrected chi connectivity index (χ2v) is 5.68. The van der Waals surface area contributed by atoms with E-state index in [1.165, 1.54) is 30.5 Å². The number of aryl methyl sites for hydroxylation is 2. The van der Waals surface area contributed by atoms with Crippen LogP contribution in [-0.2, 0) is 4.79 Å². The summed E-state index contributed by atoms with van der Waals surface area (Å²) in [6.45, 7) is 3.52. The molecule has 0 unspecified atom stereocenters. The van der Waals surface area contributed by atoms with Gasteiger partial charge >= 0.3 is 0 Å². The van der Waals surface area contributed by atoms with Crippen molar-refractivity contribution in [1.29, 1.82) is 0 Å². The number of non-ortho nitro benzene ring substituents is 1. The predicted octanol–water partition coefficient (Wildman–Crippen LogP) is 3.39. The van der Waals surface area contributed by atoms with Gasteiger partial charge in [-0.1, -0.05) is 11.6 Å². The van der Waals surface area contributed by atoms with Crippen LogP contribution in [0.1, 0.15) is 16.7 Å². The second-order valence-electron chi connectivity index (χ2n) is 5.30. The van der Waals surface area contributed by atoms with Crippen molar-refractivity contribution in [2.75, 3.05) is 6.61 Å². The lowest BCUT2D eigenvalue weighted by Crippen LogP contribution is -2.24. The molecule has 0 fully saturated rings. The topological polar surface area (TPSA) is 93.8 Å². The third-order valence-electron chi connectivity index (χ3n) is 3.29. The molecule has 8 heteroatoms. The molecule has 0 heterocycles. The molecule has 0 radical (unpaired) electrons. The highest BCUT2D eigenvalue weighted by Gasteiger charge is 2.06. The quantitative estimate of drug-likeness (QED) is 0.484. The van der Waals surface area contributed by atoms with E-state index < -0.39 is 10.8 Å². The van der Waals surface area contributed by atoms with Gasteiger partial charge in [-0.25, -0.2) is 5.43 Å². The molecule has 0 aliphatic heterocycles. The maximum Gasteiger partial charge on any atom is 0.277 e. The molecule has 0 saturated carbocycles. The van der Waals surface area contributed by atoms with Gasteiger partial charge < -0.3 is 4.74 Å². The van der Waals surface area contributed by atoms with E-state index in [0.717, 1.165) is 11.1 Å². The van der Waals surface area contributed by atoms with Crippen LogP contribution >= 0.6 is 11.6 Å². The summed E-state index contributed by atoms with van der Waals surface area (Å²) in [5.41, 5.74) is 4.67. The number of carbonyl (C=O) groups is 1. The first-order valence-electron chi connectivity index (χ1n) is 7.32. The number of nitro benzene ring substituents is 1. The summed E-state index contributed by atoms with van der Waals surface area (Å²) in [6.07, 6.45) is 1.39. The molecule has 2 aromatic rings. The predicted molar refractivity (Wildman–Crippen MR) is 95.3 cm³/mol. The first kappa shape index (κ1) is 18.4. The zero-order valence-electron chi connectivity index (χ0n) is 13.7. The average Bonchev–Trinajstić information content (AvgIpc) is 2.58. The number of nitrogens with zero attached hydrogens (tertiary/aromatic N) is 2. The van der Waals surface area contributed by atoms with Crippen molar-refractivity contribution in [1.82, 2.24) is 5.43 Å². The Kier molecular flexibility index (Phi) is 6.08. The van der Waals surface area contributed by atoms with Crippen LogP contribution in [0.25, 0.3) is 0 Å². The minimum Gasteiger partial charge on any atom is -0.484 e. The van der Waals surface area contributed by atoms with Crippen molar-refractivity contribution in [3.8, 4) is 5.75 Å². The first-order chi connectivity index (χ1) is 11.9. The molecule has 1 N–H and O–H groups in total. The highest BCUT2D eigenvalue weighted by atomic mass is 35.5.